The number of hydrogen-bond acceptors (Lipinski definition) is 0. The Morgan fingerprint density at radius 1 is 1.25 bits per heavy atom. The van der Waals surface area contributed by atoms with E-state index in [4.69, 9.17) is 0 Å². The van der Waals surface area contributed by atoms with Crippen LogP contribution >= 0.6 is 0 Å². The number of rotatable bonds is 3. The number of hydrogen-bond donors (Lipinski definition) is 0. The van der Waals surface area contributed by atoms with Crippen molar-refractivity contribution in [1.29, 1.82) is 0 Å². The summed E-state index contributed by atoms with van der Waals surface area (Å²) in [6.07, 6.45) is 4.50. The van der Waals surface area contributed by atoms with E-state index >= 15 is 0 Å². The minimum absolute atomic E-state index is 0.835. The van der Waals surface area contributed by atoms with E-state index < -0.39 is 0 Å². The Hall–Kier alpha value is 0.779. The number of allylic oxidation sites excluding steroid dienone is 2. The van der Waals surface area contributed by atoms with Crippen LogP contribution in [0.2, 0.25) is 15.4 Å². The van der Waals surface area contributed by atoms with E-state index in [0.29, 0.717) is 0 Å². The van der Waals surface area contributed by atoms with Crippen molar-refractivity contribution in [3.8, 4) is 0 Å². The van der Waals surface area contributed by atoms with E-state index in [-0.39, 0.29) is 0 Å². The molecule has 0 bridgehead atoms. The zero-order chi connectivity index (χ0) is 6.41. The first-order chi connectivity index (χ1) is 3.85. The summed E-state index contributed by atoms with van der Waals surface area (Å²) in [5, 5.41) is 0. The molecule has 0 aliphatic carbocycles. The first-order valence-electron chi connectivity index (χ1n) is 2.53. The fourth-order valence-corrected chi connectivity index (χ4v) is 4.23. The molecule has 0 aromatic heterocycles. The molecule has 0 fully saturated rings. The fourth-order valence-electron chi connectivity index (χ4n) is 0.410. The molecule has 8 heavy (non-hydrogen) atoms. The van der Waals surface area contributed by atoms with Crippen LogP contribution in [-0.4, -0.2) is 29.9 Å². The molecule has 0 atom stereocenters. The molecule has 48 valence electrons. The average molecular weight is 242 g/mol. The van der Waals surface area contributed by atoms with Gasteiger partial charge in [-0.2, -0.15) is 0 Å². The summed E-state index contributed by atoms with van der Waals surface area (Å²) in [6.45, 7) is 2.10. The zero-order valence-electron chi connectivity index (χ0n) is 5.55. The molecule has 0 saturated carbocycles. The molecule has 0 heterocycles. The quantitative estimate of drug-likeness (QED) is 0.523. The van der Waals surface area contributed by atoms with E-state index in [1.165, 1.54) is 0 Å². The third-order valence-corrected chi connectivity index (χ3v) is 7.62. The molecule has 0 spiro atoms. The molecule has 0 nitrogen and oxygen atoms in total. The second kappa shape index (κ2) is 5.91. The Balaban J connectivity index is 3.36. The third-order valence-electron chi connectivity index (χ3n) is 0.814. The van der Waals surface area contributed by atoms with Crippen LogP contribution in [-0.2, 0) is 0 Å². The Kier molecular flexibility index (Phi) is 6.48. The van der Waals surface area contributed by atoms with Crippen molar-refractivity contribution in [2.45, 2.75) is 22.3 Å². The average Bonchev–Trinajstić information content (AvgIpc) is 1.83. The van der Waals surface area contributed by atoms with Crippen molar-refractivity contribution in [2.75, 3.05) is 0 Å². The molecule has 2 heteroatoms. The van der Waals surface area contributed by atoms with Gasteiger partial charge in [0.25, 0.3) is 0 Å². The van der Waals surface area contributed by atoms with Crippen LogP contribution in [0.1, 0.15) is 6.92 Å². The van der Waals surface area contributed by atoms with Crippen LogP contribution < -0.4 is 0 Å². The van der Waals surface area contributed by atoms with Gasteiger partial charge in [-0.1, -0.05) is 0 Å². The molecule has 0 unspecified atom stereocenters. The first kappa shape index (κ1) is 8.78. The maximum atomic E-state index is 2.33. The normalized spacial score (nSPS) is 11.5. The molecule has 0 rings (SSSR count). The molecule has 0 radical (unpaired) electrons. The van der Waals surface area contributed by atoms with Gasteiger partial charge in [-0.25, -0.2) is 0 Å². The van der Waals surface area contributed by atoms with Crippen LogP contribution in [0.25, 0.3) is 0 Å². The van der Waals surface area contributed by atoms with Crippen molar-refractivity contribution in [3.63, 3.8) is 0 Å². The van der Waals surface area contributed by atoms with E-state index in [1.54, 1.807) is 0 Å². The molecule has 0 N–H and O–H groups in total. The van der Waals surface area contributed by atoms with Gasteiger partial charge in [0.05, 0.1) is 0 Å². The molecule has 0 saturated heterocycles. The fraction of sp³-hybridized carbons (Fsp3) is 0.667. The van der Waals surface area contributed by atoms with Crippen LogP contribution in [0.3, 0.4) is 0 Å². The van der Waals surface area contributed by atoms with Gasteiger partial charge >= 0.3 is 64.3 Å². The van der Waals surface area contributed by atoms with E-state index in [1.807, 2.05) is 0 Å². The van der Waals surface area contributed by atoms with E-state index in [0.717, 1.165) is 33.6 Å². The van der Waals surface area contributed by atoms with Gasteiger partial charge in [0.15, 0.2) is 0 Å². The van der Waals surface area contributed by atoms with Crippen LogP contribution in [0, 0.1) is 0 Å². The van der Waals surface area contributed by atoms with E-state index in [9.17, 15) is 0 Å². The van der Waals surface area contributed by atoms with Crippen LogP contribution in [0.15, 0.2) is 12.2 Å². The summed E-state index contributed by atoms with van der Waals surface area (Å²) in [7, 11) is 0. The second-order valence-electron chi connectivity index (χ2n) is 1.37. The first-order valence-corrected chi connectivity index (χ1v) is 7.94. The zero-order valence-corrected chi connectivity index (χ0v) is 8.97. The molecule has 0 amide bonds. The molecular formula is C6H12Se2. The third kappa shape index (κ3) is 3.74. The monoisotopic (exact) mass is 244 g/mol. The molecule has 0 aliphatic heterocycles. The van der Waals surface area contributed by atoms with Crippen molar-refractivity contribution < 1.29 is 0 Å². The van der Waals surface area contributed by atoms with Gasteiger partial charge < -0.3 is 0 Å². The summed E-state index contributed by atoms with van der Waals surface area (Å²) in [6, 6.07) is 0. The van der Waals surface area contributed by atoms with Crippen molar-refractivity contribution in [3.05, 3.63) is 12.2 Å². The Labute approximate surface area is 64.4 Å². The van der Waals surface area contributed by atoms with Gasteiger partial charge in [-0.15, -0.1) is 0 Å². The Morgan fingerprint density at radius 2 is 1.75 bits per heavy atom. The summed E-state index contributed by atoms with van der Waals surface area (Å²) in [4.78, 5) is 0. The topological polar surface area (TPSA) is 0 Å². The van der Waals surface area contributed by atoms with Gasteiger partial charge in [0.1, 0.15) is 0 Å². The predicted molar refractivity (Wildman–Crippen MR) is 41.8 cm³/mol. The summed E-state index contributed by atoms with van der Waals surface area (Å²) >= 11 is 1.67. The Morgan fingerprint density at radius 3 is 1.88 bits per heavy atom. The minimum atomic E-state index is 0.835. The molecular weight excluding hydrogens is 230 g/mol. The SMILES string of the molecule is C/C=C\C([Se]C)[Se]C. The molecule has 0 aromatic rings. The maximum absolute atomic E-state index is 2.33. The van der Waals surface area contributed by atoms with Crippen LogP contribution in [0.5, 0.6) is 0 Å². The predicted octanol–water partition coefficient (Wildman–Crippen LogP) is 1.81. The standard InChI is InChI=1S/C6H12Se2/c1-4-5-6(7-2)8-3/h4-6H,1-3H3/b5-4-. The van der Waals surface area contributed by atoms with Crippen molar-refractivity contribution in [2.24, 2.45) is 0 Å². The van der Waals surface area contributed by atoms with Crippen molar-refractivity contribution in [1.82, 2.24) is 0 Å². The molecule has 0 aromatic carbocycles. The van der Waals surface area contributed by atoms with Crippen LogP contribution in [0.4, 0.5) is 0 Å². The van der Waals surface area contributed by atoms with Gasteiger partial charge in [0, 0.05) is 0 Å². The molecule has 0 aliphatic rings. The van der Waals surface area contributed by atoms with Gasteiger partial charge in [-0.3, -0.25) is 0 Å². The van der Waals surface area contributed by atoms with Gasteiger partial charge in [-0.05, 0) is 0 Å². The van der Waals surface area contributed by atoms with Gasteiger partial charge in [0.2, 0.25) is 0 Å². The summed E-state index contributed by atoms with van der Waals surface area (Å²) in [5.74, 6) is 4.62. The van der Waals surface area contributed by atoms with Crippen molar-refractivity contribution >= 4 is 29.9 Å². The second-order valence-corrected chi connectivity index (χ2v) is 6.99. The summed E-state index contributed by atoms with van der Waals surface area (Å²) in [5.41, 5.74) is 0. The Bertz CT molecular complexity index is 64.9. The van der Waals surface area contributed by atoms with E-state index in [2.05, 4.69) is 30.7 Å². The summed E-state index contributed by atoms with van der Waals surface area (Å²) < 4.78 is 0.944.